The summed E-state index contributed by atoms with van der Waals surface area (Å²) in [5, 5.41) is 10.7. The summed E-state index contributed by atoms with van der Waals surface area (Å²) in [5.41, 5.74) is 2.07. The van der Waals surface area contributed by atoms with Crippen LogP contribution in [0.4, 0.5) is 0 Å². The molecule has 0 spiro atoms. The highest BCUT2D eigenvalue weighted by Crippen LogP contribution is 2.30. The van der Waals surface area contributed by atoms with Crippen LogP contribution in [0.1, 0.15) is 24.5 Å². The molecule has 3 rings (SSSR count). The summed E-state index contributed by atoms with van der Waals surface area (Å²) in [5.74, 6) is 1.22. The van der Waals surface area contributed by atoms with E-state index in [0.717, 1.165) is 36.4 Å². The average Bonchev–Trinajstić information content (AvgIpc) is 2.68. The van der Waals surface area contributed by atoms with Gasteiger partial charge in [0, 0.05) is 35.8 Å². The van der Waals surface area contributed by atoms with Gasteiger partial charge in [-0.3, -0.25) is 4.90 Å². The van der Waals surface area contributed by atoms with Crippen LogP contribution < -0.4 is 4.74 Å². The van der Waals surface area contributed by atoms with Gasteiger partial charge < -0.3 is 9.84 Å². The molecule has 0 radical (unpaired) electrons. The number of phenolic OH excluding ortho intramolecular Hbond substituents is 1. The number of ether oxygens (including phenoxy) is 1. The largest absolute Gasteiger partial charge is 0.508 e. The van der Waals surface area contributed by atoms with Gasteiger partial charge in [-0.2, -0.15) is 0 Å². The highest BCUT2D eigenvalue weighted by atomic mass is 35.5. The maximum absolute atomic E-state index is 9.99. The van der Waals surface area contributed by atoms with Crippen LogP contribution >= 0.6 is 11.6 Å². The molecule has 1 aliphatic rings. The Morgan fingerprint density at radius 2 is 2.09 bits per heavy atom. The molecule has 1 heterocycles. The Bertz CT molecular complexity index is 659. The number of nitrogens with zero attached hydrogens (tertiary/aromatic N) is 1. The van der Waals surface area contributed by atoms with E-state index in [-0.39, 0.29) is 6.10 Å². The summed E-state index contributed by atoms with van der Waals surface area (Å²) >= 11 is 6.08. The molecule has 22 heavy (non-hydrogen) atoms. The zero-order valence-electron chi connectivity index (χ0n) is 12.6. The van der Waals surface area contributed by atoms with Crippen LogP contribution in [0.25, 0.3) is 0 Å². The van der Waals surface area contributed by atoms with Crippen molar-refractivity contribution in [2.24, 2.45) is 0 Å². The lowest BCUT2D eigenvalue weighted by Gasteiger charge is -2.23. The molecule has 116 valence electrons. The van der Waals surface area contributed by atoms with Crippen LogP contribution in [-0.4, -0.2) is 22.7 Å². The molecule has 1 N–H and O–H groups in total. The molecule has 1 atom stereocenters. The first-order chi connectivity index (χ1) is 10.7. The first-order valence-electron chi connectivity index (χ1n) is 7.60. The Kier molecular flexibility index (Phi) is 4.55. The quantitative estimate of drug-likeness (QED) is 0.920. The van der Waals surface area contributed by atoms with E-state index in [0.29, 0.717) is 17.3 Å². The minimum absolute atomic E-state index is 0.130. The van der Waals surface area contributed by atoms with Crippen molar-refractivity contribution in [1.29, 1.82) is 0 Å². The number of rotatable bonds is 3. The van der Waals surface area contributed by atoms with E-state index in [1.165, 1.54) is 0 Å². The third kappa shape index (κ3) is 3.37. The van der Waals surface area contributed by atoms with Gasteiger partial charge in [0.25, 0.3) is 0 Å². The van der Waals surface area contributed by atoms with E-state index >= 15 is 0 Å². The molecule has 0 aliphatic carbocycles. The van der Waals surface area contributed by atoms with E-state index in [9.17, 15) is 5.11 Å². The maximum Gasteiger partial charge on any atom is 0.125 e. The van der Waals surface area contributed by atoms with Crippen LogP contribution in [0.5, 0.6) is 11.5 Å². The van der Waals surface area contributed by atoms with Crippen molar-refractivity contribution in [3.8, 4) is 11.5 Å². The standard InChI is InChI=1S/C18H20ClNO2/c1-2-16-12-20(10-13-5-3-4-6-17(13)21)11-14-7-8-15(19)9-18(14)22-16/h3-9,16,21H,2,10-12H2,1H3. The van der Waals surface area contributed by atoms with Crippen LogP contribution in [-0.2, 0) is 13.1 Å². The molecule has 2 aromatic rings. The number of hydrogen-bond donors (Lipinski definition) is 1. The van der Waals surface area contributed by atoms with Crippen molar-refractivity contribution in [3.63, 3.8) is 0 Å². The Labute approximate surface area is 136 Å². The van der Waals surface area contributed by atoms with Gasteiger partial charge in [-0.25, -0.2) is 0 Å². The molecule has 0 aromatic heterocycles. The van der Waals surface area contributed by atoms with Gasteiger partial charge >= 0.3 is 0 Å². The molecule has 0 amide bonds. The zero-order valence-corrected chi connectivity index (χ0v) is 13.4. The van der Waals surface area contributed by atoms with Crippen molar-refractivity contribution in [2.45, 2.75) is 32.5 Å². The second kappa shape index (κ2) is 6.59. The van der Waals surface area contributed by atoms with Gasteiger partial charge in [0.1, 0.15) is 17.6 Å². The lowest BCUT2D eigenvalue weighted by molar-refractivity contribution is 0.138. The normalized spacial score (nSPS) is 18.4. The highest BCUT2D eigenvalue weighted by Gasteiger charge is 2.22. The van der Waals surface area contributed by atoms with Gasteiger partial charge in [-0.15, -0.1) is 0 Å². The first-order valence-corrected chi connectivity index (χ1v) is 7.98. The second-order valence-corrected chi connectivity index (χ2v) is 6.13. The zero-order chi connectivity index (χ0) is 15.5. The van der Waals surface area contributed by atoms with Crippen LogP contribution in [0, 0.1) is 0 Å². The molecule has 0 saturated carbocycles. The number of hydrogen-bond acceptors (Lipinski definition) is 3. The van der Waals surface area contributed by atoms with Crippen LogP contribution in [0.2, 0.25) is 5.02 Å². The average molecular weight is 318 g/mol. The summed E-state index contributed by atoms with van der Waals surface area (Å²) in [6.07, 6.45) is 1.06. The molecule has 0 saturated heterocycles. The fraction of sp³-hybridized carbons (Fsp3) is 0.333. The number of benzene rings is 2. The van der Waals surface area contributed by atoms with E-state index < -0.39 is 0 Å². The number of para-hydroxylation sites is 1. The summed E-state index contributed by atoms with van der Waals surface area (Å²) in [6.45, 7) is 4.45. The smallest absolute Gasteiger partial charge is 0.125 e. The van der Waals surface area contributed by atoms with Crippen molar-refractivity contribution < 1.29 is 9.84 Å². The maximum atomic E-state index is 9.99. The SMILES string of the molecule is CCC1CN(Cc2ccccc2O)Cc2ccc(Cl)cc2O1. The number of fused-ring (bicyclic) bond motifs is 1. The summed E-state index contributed by atoms with van der Waals surface area (Å²) in [7, 11) is 0. The van der Waals surface area contributed by atoms with Crippen molar-refractivity contribution in [1.82, 2.24) is 4.90 Å². The number of halogens is 1. The van der Waals surface area contributed by atoms with Gasteiger partial charge in [-0.05, 0) is 24.6 Å². The lowest BCUT2D eigenvalue weighted by atomic mass is 10.1. The number of aromatic hydroxyl groups is 1. The van der Waals surface area contributed by atoms with Crippen molar-refractivity contribution in [3.05, 3.63) is 58.6 Å². The first kappa shape index (κ1) is 15.2. The minimum atomic E-state index is 0.130. The van der Waals surface area contributed by atoms with Crippen LogP contribution in [0.15, 0.2) is 42.5 Å². The van der Waals surface area contributed by atoms with E-state index in [2.05, 4.69) is 11.8 Å². The molecule has 0 bridgehead atoms. The van der Waals surface area contributed by atoms with Gasteiger partial charge in [0.05, 0.1) is 0 Å². The monoisotopic (exact) mass is 317 g/mol. The molecular formula is C18H20ClNO2. The Balaban J connectivity index is 1.86. The summed E-state index contributed by atoms with van der Waals surface area (Å²) in [4.78, 5) is 2.31. The molecule has 2 aromatic carbocycles. The fourth-order valence-electron chi connectivity index (χ4n) is 2.80. The molecule has 3 nitrogen and oxygen atoms in total. The molecule has 0 fully saturated rings. The highest BCUT2D eigenvalue weighted by molar-refractivity contribution is 6.30. The Morgan fingerprint density at radius 3 is 2.86 bits per heavy atom. The van der Waals surface area contributed by atoms with Crippen molar-refractivity contribution in [2.75, 3.05) is 6.54 Å². The van der Waals surface area contributed by atoms with Crippen LogP contribution in [0.3, 0.4) is 0 Å². The number of phenols is 1. The summed E-state index contributed by atoms with van der Waals surface area (Å²) < 4.78 is 6.10. The Hall–Kier alpha value is -1.71. The predicted molar refractivity (Wildman–Crippen MR) is 88.4 cm³/mol. The topological polar surface area (TPSA) is 32.7 Å². The van der Waals surface area contributed by atoms with Gasteiger partial charge in [-0.1, -0.05) is 42.8 Å². The third-order valence-corrected chi connectivity index (χ3v) is 4.25. The lowest BCUT2D eigenvalue weighted by Crippen LogP contribution is -2.32. The molecule has 1 unspecified atom stereocenters. The van der Waals surface area contributed by atoms with E-state index in [4.69, 9.17) is 16.3 Å². The van der Waals surface area contributed by atoms with Gasteiger partial charge in [0.15, 0.2) is 0 Å². The molecular weight excluding hydrogens is 298 g/mol. The minimum Gasteiger partial charge on any atom is -0.508 e. The predicted octanol–water partition coefficient (Wildman–Crippen LogP) is 4.22. The Morgan fingerprint density at radius 1 is 1.27 bits per heavy atom. The van der Waals surface area contributed by atoms with Crippen molar-refractivity contribution >= 4 is 11.6 Å². The summed E-state index contributed by atoms with van der Waals surface area (Å²) in [6, 6.07) is 13.3. The van der Waals surface area contributed by atoms with Gasteiger partial charge in [0.2, 0.25) is 0 Å². The van der Waals surface area contributed by atoms with E-state index in [1.54, 1.807) is 6.07 Å². The third-order valence-electron chi connectivity index (χ3n) is 4.02. The second-order valence-electron chi connectivity index (χ2n) is 5.70. The van der Waals surface area contributed by atoms with E-state index in [1.807, 2.05) is 36.4 Å². The molecule has 4 heteroatoms. The molecule has 1 aliphatic heterocycles. The fourth-order valence-corrected chi connectivity index (χ4v) is 2.96.